The van der Waals surface area contributed by atoms with Crippen molar-refractivity contribution in [3.05, 3.63) is 53.3 Å². The molecule has 31 heavy (non-hydrogen) atoms. The summed E-state index contributed by atoms with van der Waals surface area (Å²) in [5, 5.41) is 3.44. The van der Waals surface area contributed by atoms with Crippen LogP contribution < -0.4 is 10.2 Å². The van der Waals surface area contributed by atoms with Crippen LogP contribution in [0, 0.1) is 31.1 Å². The number of rotatable bonds is 3. The molecule has 164 valence electrons. The number of piperidine rings is 2. The maximum atomic E-state index is 13.7. The molecule has 5 rings (SSSR count). The summed E-state index contributed by atoms with van der Waals surface area (Å²) in [6, 6.07) is 0. The van der Waals surface area contributed by atoms with Gasteiger partial charge in [0.15, 0.2) is 0 Å². The third-order valence-electron chi connectivity index (χ3n) is 7.64. The van der Waals surface area contributed by atoms with Gasteiger partial charge in [-0.15, -0.1) is 0 Å². The minimum atomic E-state index is -0.205. The molecule has 1 aliphatic carbocycles. The summed E-state index contributed by atoms with van der Waals surface area (Å²) < 4.78 is 0. The van der Waals surface area contributed by atoms with Crippen LogP contribution in [-0.2, 0) is 4.79 Å². The van der Waals surface area contributed by atoms with Gasteiger partial charge in [-0.2, -0.15) is 0 Å². The number of carbonyl (C=O) groups excluding carboxylic acids is 1. The Hall–Kier alpha value is -2.63. The quantitative estimate of drug-likeness (QED) is 0.813. The van der Waals surface area contributed by atoms with E-state index in [1.807, 2.05) is 20.0 Å². The minimum absolute atomic E-state index is 0.205. The van der Waals surface area contributed by atoms with Crippen molar-refractivity contribution in [2.24, 2.45) is 17.3 Å². The average Bonchev–Trinajstić information content (AvgIpc) is 3.18. The van der Waals surface area contributed by atoms with Crippen molar-refractivity contribution in [1.82, 2.24) is 20.2 Å². The van der Waals surface area contributed by atoms with E-state index < -0.39 is 0 Å². The Bertz CT molecular complexity index is 970. The van der Waals surface area contributed by atoms with E-state index in [0.29, 0.717) is 17.7 Å². The number of nitrogens with one attached hydrogen (secondary N) is 1. The number of aryl methyl sites for hydroxylation is 2. The first-order valence-corrected chi connectivity index (χ1v) is 11.7. The maximum Gasteiger partial charge on any atom is 0.229 e. The fourth-order valence-corrected chi connectivity index (χ4v) is 5.88. The third kappa shape index (κ3) is 3.56. The average molecular weight is 420 g/mol. The topological polar surface area (TPSA) is 61.4 Å². The second-order valence-corrected chi connectivity index (χ2v) is 9.73. The van der Waals surface area contributed by atoms with E-state index >= 15 is 0 Å². The highest BCUT2D eigenvalue weighted by Gasteiger charge is 2.46. The van der Waals surface area contributed by atoms with Gasteiger partial charge in [0.25, 0.3) is 0 Å². The molecule has 0 saturated carbocycles. The van der Waals surface area contributed by atoms with E-state index in [-0.39, 0.29) is 5.41 Å². The van der Waals surface area contributed by atoms with E-state index in [0.717, 1.165) is 69.1 Å². The largest absolute Gasteiger partial charge is 0.364 e. The van der Waals surface area contributed by atoms with Gasteiger partial charge in [-0.25, -0.2) is 4.98 Å². The van der Waals surface area contributed by atoms with E-state index in [9.17, 15) is 4.79 Å². The van der Waals surface area contributed by atoms with Crippen molar-refractivity contribution in [3.63, 3.8) is 0 Å². The minimum Gasteiger partial charge on any atom is -0.364 e. The number of hydrogen-bond donors (Lipinski definition) is 1. The van der Waals surface area contributed by atoms with Crippen LogP contribution in [0.25, 0.3) is 0 Å². The number of nitrogens with zero attached hydrogens (tertiary/aromatic N) is 4. The standard InChI is InChI=1S/C25H33N5O/c1-17-6-4-7-21-22(17)20(15-27-21)16-30-11-5-8-25(24(30)31)9-12-29(13-10-25)23-19(3)26-14-18(2)28-23/h4,6-7,14-15,17,22,27H,5,8-13,16H2,1-3H3. The van der Waals surface area contributed by atoms with Gasteiger partial charge >= 0.3 is 0 Å². The SMILES string of the molecule is Cc1cnc(C)c(N2CCC3(CCCN(CC4=CNC5=CC=CC(C)C45)C3=O)CC2)n1. The van der Waals surface area contributed by atoms with Gasteiger partial charge in [-0.05, 0) is 57.1 Å². The van der Waals surface area contributed by atoms with Gasteiger partial charge in [0.1, 0.15) is 5.82 Å². The van der Waals surface area contributed by atoms with Crippen LogP contribution in [0.3, 0.4) is 0 Å². The first-order valence-electron chi connectivity index (χ1n) is 11.7. The first-order chi connectivity index (χ1) is 15.0. The Morgan fingerprint density at radius 2 is 2.00 bits per heavy atom. The van der Waals surface area contributed by atoms with E-state index in [2.05, 4.69) is 51.5 Å². The molecule has 6 nitrogen and oxygen atoms in total. The fourth-order valence-electron chi connectivity index (χ4n) is 5.88. The van der Waals surface area contributed by atoms with Crippen molar-refractivity contribution in [1.29, 1.82) is 0 Å². The summed E-state index contributed by atoms with van der Waals surface area (Å²) in [6.07, 6.45) is 14.4. The molecule has 1 spiro atoms. The molecule has 2 atom stereocenters. The second kappa shape index (κ2) is 7.81. The van der Waals surface area contributed by atoms with Crippen LogP contribution >= 0.6 is 0 Å². The molecular formula is C25H33N5O. The van der Waals surface area contributed by atoms with E-state index in [4.69, 9.17) is 4.98 Å². The van der Waals surface area contributed by atoms with Gasteiger partial charge in [0, 0.05) is 50.2 Å². The van der Waals surface area contributed by atoms with Crippen LogP contribution in [0.2, 0.25) is 0 Å². The number of likely N-dealkylation sites (tertiary alicyclic amines) is 1. The molecule has 2 fully saturated rings. The Morgan fingerprint density at radius 3 is 2.81 bits per heavy atom. The summed E-state index contributed by atoms with van der Waals surface area (Å²) >= 11 is 0. The molecule has 4 aliphatic rings. The zero-order chi connectivity index (χ0) is 21.6. The number of allylic oxidation sites excluding steroid dienone is 4. The highest BCUT2D eigenvalue weighted by atomic mass is 16.2. The molecular weight excluding hydrogens is 386 g/mol. The lowest BCUT2D eigenvalue weighted by Crippen LogP contribution is -2.54. The molecule has 1 aromatic heterocycles. The molecule has 2 unspecified atom stereocenters. The maximum absolute atomic E-state index is 13.7. The summed E-state index contributed by atoms with van der Waals surface area (Å²) in [4.78, 5) is 27.4. The summed E-state index contributed by atoms with van der Waals surface area (Å²) in [5.41, 5.74) is 4.32. The Morgan fingerprint density at radius 1 is 1.19 bits per heavy atom. The van der Waals surface area contributed by atoms with Gasteiger partial charge in [-0.3, -0.25) is 9.78 Å². The Kier molecular flexibility index (Phi) is 5.11. The number of hydrogen-bond acceptors (Lipinski definition) is 5. The number of amides is 1. The Balaban J connectivity index is 1.28. The third-order valence-corrected chi connectivity index (χ3v) is 7.64. The Labute approximate surface area is 185 Å². The molecule has 0 aromatic carbocycles. The molecule has 0 bridgehead atoms. The zero-order valence-corrected chi connectivity index (χ0v) is 18.9. The van der Waals surface area contributed by atoms with Gasteiger partial charge in [0.05, 0.1) is 16.8 Å². The van der Waals surface area contributed by atoms with Crippen LogP contribution in [-0.4, -0.2) is 47.0 Å². The summed E-state index contributed by atoms with van der Waals surface area (Å²) in [7, 11) is 0. The lowest BCUT2D eigenvalue weighted by molar-refractivity contribution is -0.147. The zero-order valence-electron chi connectivity index (χ0n) is 18.9. The van der Waals surface area contributed by atoms with Gasteiger partial charge in [-0.1, -0.05) is 19.1 Å². The summed E-state index contributed by atoms with van der Waals surface area (Å²) in [6.45, 7) is 9.65. The predicted molar refractivity (Wildman–Crippen MR) is 122 cm³/mol. The van der Waals surface area contributed by atoms with Gasteiger partial charge < -0.3 is 15.1 Å². The molecule has 1 N–H and O–H groups in total. The fraction of sp³-hybridized carbons (Fsp3) is 0.560. The lowest BCUT2D eigenvalue weighted by atomic mass is 9.71. The highest BCUT2D eigenvalue weighted by Crippen LogP contribution is 2.43. The van der Waals surface area contributed by atoms with Crippen molar-refractivity contribution < 1.29 is 4.79 Å². The first kappa shape index (κ1) is 20.3. The van der Waals surface area contributed by atoms with Crippen molar-refractivity contribution in [3.8, 4) is 0 Å². The molecule has 6 heteroatoms. The van der Waals surface area contributed by atoms with Crippen LogP contribution in [0.1, 0.15) is 44.0 Å². The number of anilines is 1. The van der Waals surface area contributed by atoms with E-state index in [1.165, 1.54) is 11.3 Å². The van der Waals surface area contributed by atoms with Crippen LogP contribution in [0.5, 0.6) is 0 Å². The number of carbonyl (C=O) groups is 1. The predicted octanol–water partition coefficient (Wildman–Crippen LogP) is 3.50. The lowest BCUT2D eigenvalue weighted by Gasteiger charge is -2.47. The van der Waals surface area contributed by atoms with Crippen molar-refractivity contribution in [2.75, 3.05) is 31.1 Å². The molecule has 0 radical (unpaired) electrons. The second-order valence-electron chi connectivity index (χ2n) is 9.73. The highest BCUT2D eigenvalue weighted by molar-refractivity contribution is 5.84. The van der Waals surface area contributed by atoms with E-state index in [1.54, 1.807) is 0 Å². The van der Waals surface area contributed by atoms with Crippen molar-refractivity contribution >= 4 is 11.7 Å². The number of aromatic nitrogens is 2. The summed E-state index contributed by atoms with van der Waals surface area (Å²) in [5.74, 6) is 2.20. The normalized spacial score (nSPS) is 27.1. The molecule has 4 heterocycles. The number of fused-ring (bicyclic) bond motifs is 1. The molecule has 3 aliphatic heterocycles. The smallest absolute Gasteiger partial charge is 0.229 e. The van der Waals surface area contributed by atoms with Crippen LogP contribution in [0.15, 0.2) is 41.9 Å². The molecule has 1 amide bonds. The molecule has 1 aromatic rings. The van der Waals surface area contributed by atoms with Gasteiger partial charge in [0.2, 0.25) is 5.91 Å². The monoisotopic (exact) mass is 419 g/mol. The van der Waals surface area contributed by atoms with Crippen molar-refractivity contribution in [2.45, 2.75) is 46.5 Å². The van der Waals surface area contributed by atoms with Crippen LogP contribution in [0.4, 0.5) is 5.82 Å². The molecule has 2 saturated heterocycles.